The summed E-state index contributed by atoms with van der Waals surface area (Å²) in [6.07, 6.45) is 1.83. The van der Waals surface area contributed by atoms with E-state index < -0.39 is 5.97 Å². The molecule has 0 fully saturated rings. The van der Waals surface area contributed by atoms with Crippen LogP contribution in [0.1, 0.15) is 31.2 Å². The maximum absolute atomic E-state index is 10.6. The lowest BCUT2D eigenvalue weighted by molar-refractivity contribution is -0.136. The molecule has 5 heteroatoms. The van der Waals surface area contributed by atoms with Crippen LogP contribution in [0.4, 0.5) is 0 Å². The smallest absolute Gasteiger partial charge is 0.309 e. The first-order chi connectivity index (χ1) is 7.02. The zero-order chi connectivity index (χ0) is 11.4. The molecule has 0 unspecified atom stereocenters. The van der Waals surface area contributed by atoms with Crippen LogP contribution in [-0.2, 0) is 11.2 Å². The van der Waals surface area contributed by atoms with Crippen molar-refractivity contribution in [2.75, 3.05) is 6.26 Å². The van der Waals surface area contributed by atoms with Crippen molar-refractivity contribution in [3.8, 4) is 0 Å². The van der Waals surface area contributed by atoms with Crippen molar-refractivity contribution < 1.29 is 9.90 Å². The molecule has 0 amide bonds. The van der Waals surface area contributed by atoms with Crippen LogP contribution in [0.2, 0.25) is 0 Å². The Morgan fingerprint density at radius 3 is 2.67 bits per heavy atom. The van der Waals surface area contributed by atoms with Gasteiger partial charge in [-0.3, -0.25) is 4.79 Å². The third-order valence-corrected chi connectivity index (χ3v) is 2.43. The lowest BCUT2D eigenvalue weighted by Gasteiger charge is -2.07. The summed E-state index contributed by atoms with van der Waals surface area (Å²) < 4.78 is 0. The Hall–Kier alpha value is -1.10. The van der Waals surface area contributed by atoms with E-state index in [-0.39, 0.29) is 12.3 Å². The molecule has 0 aliphatic carbocycles. The van der Waals surface area contributed by atoms with Crippen LogP contribution in [0.25, 0.3) is 0 Å². The monoisotopic (exact) mass is 226 g/mol. The Morgan fingerprint density at radius 2 is 2.20 bits per heavy atom. The molecule has 82 valence electrons. The van der Waals surface area contributed by atoms with E-state index in [4.69, 9.17) is 5.11 Å². The summed E-state index contributed by atoms with van der Waals surface area (Å²) in [6, 6.07) is 1.76. The van der Waals surface area contributed by atoms with Gasteiger partial charge in [-0.1, -0.05) is 25.6 Å². The molecule has 15 heavy (non-hydrogen) atoms. The van der Waals surface area contributed by atoms with Gasteiger partial charge in [0.1, 0.15) is 0 Å². The largest absolute Gasteiger partial charge is 0.481 e. The molecule has 1 aromatic heterocycles. The highest BCUT2D eigenvalue weighted by Crippen LogP contribution is 2.17. The van der Waals surface area contributed by atoms with E-state index in [1.54, 1.807) is 6.07 Å². The van der Waals surface area contributed by atoms with Crippen molar-refractivity contribution in [2.24, 2.45) is 0 Å². The van der Waals surface area contributed by atoms with Gasteiger partial charge >= 0.3 is 5.97 Å². The van der Waals surface area contributed by atoms with Crippen LogP contribution in [0, 0.1) is 0 Å². The van der Waals surface area contributed by atoms with Gasteiger partial charge in [0.05, 0.1) is 12.1 Å². The van der Waals surface area contributed by atoms with E-state index in [1.165, 1.54) is 11.8 Å². The van der Waals surface area contributed by atoms with Gasteiger partial charge in [0.15, 0.2) is 5.16 Å². The minimum Gasteiger partial charge on any atom is -0.481 e. The molecule has 4 nitrogen and oxygen atoms in total. The Bertz CT molecular complexity index is 366. The van der Waals surface area contributed by atoms with E-state index >= 15 is 0 Å². The van der Waals surface area contributed by atoms with Crippen molar-refractivity contribution in [2.45, 2.75) is 31.3 Å². The number of nitrogens with zero attached hydrogens (tertiary/aromatic N) is 2. The summed E-state index contributed by atoms with van der Waals surface area (Å²) in [5.41, 5.74) is 1.47. The number of aliphatic carboxylic acids is 1. The first-order valence-corrected chi connectivity index (χ1v) is 5.89. The zero-order valence-corrected chi connectivity index (χ0v) is 9.84. The third-order valence-electron chi connectivity index (χ3n) is 1.88. The number of carboxylic acid groups (broad SMARTS) is 1. The molecule has 1 N–H and O–H groups in total. The van der Waals surface area contributed by atoms with Gasteiger partial charge in [-0.15, -0.1) is 0 Å². The third kappa shape index (κ3) is 3.51. The van der Waals surface area contributed by atoms with Crippen molar-refractivity contribution in [3.05, 3.63) is 17.5 Å². The molecule has 1 aromatic rings. The quantitative estimate of drug-likeness (QED) is 0.628. The Labute approximate surface area is 93.1 Å². The van der Waals surface area contributed by atoms with Gasteiger partial charge in [-0.05, 0) is 18.2 Å². The molecule has 1 rings (SSSR count). The van der Waals surface area contributed by atoms with Crippen LogP contribution in [0.5, 0.6) is 0 Å². The second kappa shape index (κ2) is 5.11. The van der Waals surface area contributed by atoms with Crippen LogP contribution in [0.3, 0.4) is 0 Å². The summed E-state index contributed by atoms with van der Waals surface area (Å²) >= 11 is 1.43. The predicted octanol–water partition coefficient (Wildman–Crippen LogP) is 1.95. The molecule has 0 bridgehead atoms. The Kier molecular flexibility index (Phi) is 4.08. The zero-order valence-electron chi connectivity index (χ0n) is 9.02. The van der Waals surface area contributed by atoms with Crippen LogP contribution >= 0.6 is 11.8 Å². The molecular weight excluding hydrogens is 212 g/mol. The number of aromatic nitrogens is 2. The minimum atomic E-state index is -0.865. The van der Waals surface area contributed by atoms with Crippen molar-refractivity contribution in [3.63, 3.8) is 0 Å². The van der Waals surface area contributed by atoms with Gasteiger partial charge in [-0.2, -0.15) is 0 Å². The lowest BCUT2D eigenvalue weighted by Crippen LogP contribution is -2.06. The summed E-state index contributed by atoms with van der Waals surface area (Å²) in [6.45, 7) is 4.05. The molecule has 0 aliphatic rings. The van der Waals surface area contributed by atoms with E-state index in [2.05, 4.69) is 9.97 Å². The average Bonchev–Trinajstić information content (AvgIpc) is 2.16. The van der Waals surface area contributed by atoms with Gasteiger partial charge in [0.25, 0.3) is 0 Å². The van der Waals surface area contributed by atoms with E-state index in [1.807, 2.05) is 20.1 Å². The van der Waals surface area contributed by atoms with Crippen LogP contribution in [0.15, 0.2) is 11.2 Å². The highest BCUT2D eigenvalue weighted by molar-refractivity contribution is 7.98. The van der Waals surface area contributed by atoms with Crippen molar-refractivity contribution in [1.29, 1.82) is 0 Å². The normalized spacial score (nSPS) is 10.7. The summed E-state index contributed by atoms with van der Waals surface area (Å²) in [4.78, 5) is 19.0. The number of carbonyl (C=O) groups is 1. The number of thioether (sulfide) groups is 1. The van der Waals surface area contributed by atoms with Crippen molar-refractivity contribution in [1.82, 2.24) is 9.97 Å². The summed E-state index contributed by atoms with van der Waals surface area (Å²) in [5, 5.41) is 9.33. The maximum atomic E-state index is 10.6. The van der Waals surface area contributed by atoms with Crippen molar-refractivity contribution >= 4 is 17.7 Å². The first-order valence-electron chi connectivity index (χ1n) is 4.66. The molecule has 0 spiro atoms. The number of rotatable bonds is 4. The number of hydrogen-bond acceptors (Lipinski definition) is 4. The van der Waals surface area contributed by atoms with E-state index in [0.717, 1.165) is 5.69 Å². The summed E-state index contributed by atoms with van der Waals surface area (Å²) in [7, 11) is 0. The Morgan fingerprint density at radius 1 is 1.53 bits per heavy atom. The number of carboxylic acids is 1. The lowest BCUT2D eigenvalue weighted by atomic mass is 10.1. The molecule has 1 heterocycles. The van der Waals surface area contributed by atoms with Crippen LogP contribution < -0.4 is 0 Å². The molecule has 0 saturated heterocycles. The standard InChI is InChI=1S/C10H14N2O2S/c1-6(2)8-4-7(5-9(13)14)11-10(12-8)15-3/h4,6H,5H2,1-3H3,(H,13,14). The van der Waals surface area contributed by atoms with Crippen LogP contribution in [-0.4, -0.2) is 27.3 Å². The van der Waals surface area contributed by atoms with E-state index in [9.17, 15) is 4.79 Å². The SMILES string of the molecule is CSc1nc(CC(=O)O)cc(C(C)C)n1. The van der Waals surface area contributed by atoms with Gasteiger partial charge in [0.2, 0.25) is 0 Å². The van der Waals surface area contributed by atoms with E-state index in [0.29, 0.717) is 10.9 Å². The Balaban J connectivity index is 3.05. The minimum absolute atomic E-state index is 0.0458. The van der Waals surface area contributed by atoms with Gasteiger partial charge in [0, 0.05) is 5.69 Å². The topological polar surface area (TPSA) is 63.1 Å². The fourth-order valence-corrected chi connectivity index (χ4v) is 1.53. The first kappa shape index (κ1) is 12.0. The molecule has 0 radical (unpaired) electrons. The highest BCUT2D eigenvalue weighted by Gasteiger charge is 2.09. The average molecular weight is 226 g/mol. The molecule has 0 aliphatic heterocycles. The second-order valence-electron chi connectivity index (χ2n) is 3.50. The fraction of sp³-hybridized carbons (Fsp3) is 0.500. The fourth-order valence-electron chi connectivity index (χ4n) is 1.13. The number of hydrogen-bond donors (Lipinski definition) is 1. The summed E-state index contributed by atoms with van der Waals surface area (Å²) in [5.74, 6) is -0.582. The second-order valence-corrected chi connectivity index (χ2v) is 4.27. The molecule has 0 saturated carbocycles. The van der Waals surface area contributed by atoms with Gasteiger partial charge in [-0.25, -0.2) is 9.97 Å². The maximum Gasteiger partial charge on any atom is 0.309 e. The highest BCUT2D eigenvalue weighted by atomic mass is 32.2. The molecular formula is C10H14N2O2S. The molecule has 0 atom stereocenters. The predicted molar refractivity (Wildman–Crippen MR) is 59.2 cm³/mol. The van der Waals surface area contributed by atoms with Gasteiger partial charge < -0.3 is 5.11 Å². The molecule has 0 aromatic carbocycles.